The van der Waals surface area contributed by atoms with Gasteiger partial charge in [0.2, 0.25) is 5.67 Å². The number of carboxylic acids is 1. The Morgan fingerprint density at radius 1 is 1.60 bits per heavy atom. The summed E-state index contributed by atoms with van der Waals surface area (Å²) in [6, 6.07) is 4.64. The highest BCUT2D eigenvalue weighted by Gasteiger charge is 2.37. The van der Waals surface area contributed by atoms with Crippen LogP contribution in [0.3, 0.4) is 0 Å². The fourth-order valence-electron chi connectivity index (χ4n) is 1.47. The first-order chi connectivity index (χ1) is 6.91. The second kappa shape index (κ2) is 4.19. The molecule has 0 aliphatic carbocycles. The fourth-order valence-corrected chi connectivity index (χ4v) is 1.78. The maximum atomic E-state index is 13.9. The molecule has 0 heterocycles. The topological polar surface area (TPSA) is 37.3 Å². The van der Waals surface area contributed by atoms with Gasteiger partial charge in [0.15, 0.2) is 0 Å². The third-order valence-corrected chi connectivity index (χ3v) is 2.73. The highest BCUT2D eigenvalue weighted by Crippen LogP contribution is 2.32. The lowest BCUT2D eigenvalue weighted by atomic mass is 9.92. The number of aliphatic carboxylic acids is 1. The summed E-state index contributed by atoms with van der Waals surface area (Å²) in [5, 5.41) is 9.19. The van der Waals surface area contributed by atoms with Crippen molar-refractivity contribution in [2.24, 2.45) is 0 Å². The normalized spacial score (nSPS) is 14.7. The van der Waals surface area contributed by atoms with Crippen molar-refractivity contribution in [3.8, 4) is 0 Å². The fraction of sp³-hybridized carbons (Fsp3) is 0.364. The molecule has 0 saturated carbocycles. The molecule has 4 heteroatoms. The van der Waals surface area contributed by atoms with Gasteiger partial charge in [0.1, 0.15) is 0 Å². The zero-order valence-electron chi connectivity index (χ0n) is 8.55. The predicted octanol–water partition coefficient (Wildman–Crippen LogP) is 3.17. The largest absolute Gasteiger partial charge is 0.479 e. The molecule has 0 aliphatic rings. The molecule has 1 rings (SSSR count). The molecule has 0 radical (unpaired) electrons. The van der Waals surface area contributed by atoms with Crippen LogP contribution in [0.1, 0.15) is 25.0 Å². The second-order valence-corrected chi connectivity index (χ2v) is 3.83. The monoisotopic (exact) mass is 230 g/mol. The predicted molar refractivity (Wildman–Crippen MR) is 56.9 cm³/mol. The van der Waals surface area contributed by atoms with Crippen molar-refractivity contribution in [2.45, 2.75) is 25.9 Å². The van der Waals surface area contributed by atoms with E-state index in [1.54, 1.807) is 12.1 Å². The van der Waals surface area contributed by atoms with Crippen LogP contribution in [0.2, 0.25) is 5.02 Å². The van der Waals surface area contributed by atoms with Crippen molar-refractivity contribution in [3.63, 3.8) is 0 Å². The summed E-state index contributed by atoms with van der Waals surface area (Å²) in [6.45, 7) is 2.84. The number of hydrogen-bond donors (Lipinski definition) is 1. The molecule has 0 spiro atoms. The molecule has 1 N–H and O–H groups in total. The lowest BCUT2D eigenvalue weighted by Gasteiger charge is -2.19. The molecule has 0 aliphatic heterocycles. The van der Waals surface area contributed by atoms with Gasteiger partial charge < -0.3 is 5.11 Å². The molecular weight excluding hydrogens is 219 g/mol. The summed E-state index contributed by atoms with van der Waals surface area (Å²) < 4.78 is 13.9. The van der Waals surface area contributed by atoms with Crippen LogP contribution in [-0.4, -0.2) is 11.1 Å². The van der Waals surface area contributed by atoms with E-state index < -0.39 is 11.6 Å². The molecule has 82 valence electrons. The van der Waals surface area contributed by atoms with Crippen LogP contribution in [0.4, 0.5) is 4.39 Å². The average molecular weight is 231 g/mol. The van der Waals surface area contributed by atoms with Crippen LogP contribution in [0.5, 0.6) is 0 Å². The van der Waals surface area contributed by atoms with E-state index in [0.717, 1.165) is 6.92 Å². The molecule has 1 aromatic carbocycles. The lowest BCUT2D eigenvalue weighted by Crippen LogP contribution is -2.28. The van der Waals surface area contributed by atoms with Crippen LogP contribution in [0, 0.1) is 0 Å². The van der Waals surface area contributed by atoms with E-state index in [-0.39, 0.29) is 5.56 Å². The number of carboxylic acid groups (broad SMARTS) is 1. The average Bonchev–Trinajstić information content (AvgIpc) is 2.17. The van der Waals surface area contributed by atoms with Crippen molar-refractivity contribution in [3.05, 3.63) is 34.3 Å². The van der Waals surface area contributed by atoms with Gasteiger partial charge in [0.25, 0.3) is 0 Å². The lowest BCUT2D eigenvalue weighted by molar-refractivity contribution is -0.150. The third kappa shape index (κ3) is 2.12. The first-order valence-electron chi connectivity index (χ1n) is 4.61. The first-order valence-corrected chi connectivity index (χ1v) is 4.99. The van der Waals surface area contributed by atoms with Crippen molar-refractivity contribution >= 4 is 17.6 Å². The van der Waals surface area contributed by atoms with E-state index in [2.05, 4.69) is 0 Å². The van der Waals surface area contributed by atoms with E-state index in [0.29, 0.717) is 17.0 Å². The number of benzene rings is 1. The third-order valence-electron chi connectivity index (χ3n) is 2.38. The smallest absolute Gasteiger partial charge is 0.345 e. The van der Waals surface area contributed by atoms with Crippen molar-refractivity contribution < 1.29 is 14.3 Å². The summed E-state index contributed by atoms with van der Waals surface area (Å²) in [4.78, 5) is 10.8. The van der Waals surface area contributed by atoms with E-state index >= 15 is 0 Å². The number of alkyl halides is 1. The van der Waals surface area contributed by atoms with Gasteiger partial charge >= 0.3 is 5.97 Å². The Labute approximate surface area is 92.7 Å². The summed E-state index contributed by atoms with van der Waals surface area (Å²) in [7, 11) is 0. The molecule has 0 bridgehead atoms. The second-order valence-electron chi connectivity index (χ2n) is 3.43. The van der Waals surface area contributed by atoms with Gasteiger partial charge in [-0.15, -0.1) is 0 Å². The Balaban J connectivity index is 3.37. The van der Waals surface area contributed by atoms with Crippen LogP contribution >= 0.6 is 11.6 Å². The standard InChI is InChI=1S/C11H12ClFO2/c1-3-7-8(5-4-6-9(7)12)11(2,13)10(14)15/h4-6H,3H2,1-2H3,(H,14,15). The van der Waals surface area contributed by atoms with Gasteiger partial charge in [0.05, 0.1) is 0 Å². The zero-order chi connectivity index (χ0) is 11.6. The van der Waals surface area contributed by atoms with Crippen molar-refractivity contribution in [1.82, 2.24) is 0 Å². The summed E-state index contributed by atoms with van der Waals surface area (Å²) in [5.74, 6) is -1.50. The molecule has 1 unspecified atom stereocenters. The molecule has 15 heavy (non-hydrogen) atoms. The zero-order valence-corrected chi connectivity index (χ0v) is 9.31. The Kier molecular flexibility index (Phi) is 3.35. The van der Waals surface area contributed by atoms with Gasteiger partial charge in [0, 0.05) is 10.6 Å². The Bertz CT molecular complexity index is 388. The van der Waals surface area contributed by atoms with Crippen LogP contribution < -0.4 is 0 Å². The summed E-state index contributed by atoms with van der Waals surface area (Å²) in [6.07, 6.45) is 0.502. The molecule has 0 amide bonds. The maximum absolute atomic E-state index is 13.9. The van der Waals surface area contributed by atoms with Crippen LogP contribution in [-0.2, 0) is 16.9 Å². The highest BCUT2D eigenvalue weighted by atomic mass is 35.5. The van der Waals surface area contributed by atoms with Gasteiger partial charge in [-0.2, -0.15) is 0 Å². The molecule has 0 fully saturated rings. The summed E-state index contributed by atoms with van der Waals surface area (Å²) in [5.41, 5.74) is -1.72. The Hall–Kier alpha value is -1.09. The minimum atomic E-state index is -2.39. The van der Waals surface area contributed by atoms with E-state index in [9.17, 15) is 9.18 Å². The van der Waals surface area contributed by atoms with Gasteiger partial charge in [-0.3, -0.25) is 0 Å². The molecular formula is C11H12ClFO2. The number of hydrogen-bond acceptors (Lipinski definition) is 1. The quantitative estimate of drug-likeness (QED) is 0.866. The Morgan fingerprint density at radius 3 is 2.67 bits per heavy atom. The van der Waals surface area contributed by atoms with Gasteiger partial charge in [-0.25, -0.2) is 9.18 Å². The van der Waals surface area contributed by atoms with Crippen molar-refractivity contribution in [2.75, 3.05) is 0 Å². The minimum Gasteiger partial charge on any atom is -0.479 e. The molecule has 1 aromatic rings. The number of rotatable bonds is 3. The number of carbonyl (C=O) groups is 1. The Morgan fingerprint density at radius 2 is 2.20 bits per heavy atom. The summed E-state index contributed by atoms with van der Waals surface area (Å²) >= 11 is 5.88. The molecule has 2 nitrogen and oxygen atoms in total. The molecule has 0 saturated heterocycles. The highest BCUT2D eigenvalue weighted by molar-refractivity contribution is 6.31. The molecule has 1 atom stereocenters. The van der Waals surface area contributed by atoms with E-state index in [1.807, 2.05) is 6.92 Å². The van der Waals surface area contributed by atoms with Gasteiger partial charge in [-0.1, -0.05) is 30.7 Å². The van der Waals surface area contributed by atoms with Crippen LogP contribution in [0.15, 0.2) is 18.2 Å². The first kappa shape index (κ1) is 12.0. The minimum absolute atomic E-state index is 0.130. The maximum Gasteiger partial charge on any atom is 0.345 e. The number of halogens is 2. The van der Waals surface area contributed by atoms with E-state index in [1.165, 1.54) is 6.07 Å². The van der Waals surface area contributed by atoms with Gasteiger partial charge in [-0.05, 0) is 25.0 Å². The van der Waals surface area contributed by atoms with Crippen molar-refractivity contribution in [1.29, 1.82) is 0 Å². The molecule has 0 aromatic heterocycles. The van der Waals surface area contributed by atoms with E-state index in [4.69, 9.17) is 16.7 Å². The van der Waals surface area contributed by atoms with Crippen LogP contribution in [0.25, 0.3) is 0 Å². The SMILES string of the molecule is CCc1c(Cl)cccc1C(C)(F)C(=O)O.